The molecule has 0 unspecified atom stereocenters. The van der Waals surface area contributed by atoms with Crippen molar-refractivity contribution >= 4 is 35.9 Å². The molecule has 0 saturated carbocycles. The number of nitrogens with zero attached hydrogens (tertiary/aromatic N) is 2. The minimum absolute atomic E-state index is 0.224. The van der Waals surface area contributed by atoms with Crippen LogP contribution in [0.4, 0.5) is 0 Å². The van der Waals surface area contributed by atoms with Crippen LogP contribution in [0.25, 0.3) is 12.2 Å². The van der Waals surface area contributed by atoms with Crippen LogP contribution >= 0.6 is 0 Å². The maximum Gasteiger partial charge on any atom is 0.363 e. The van der Waals surface area contributed by atoms with Gasteiger partial charge in [0.15, 0.2) is 11.4 Å². The smallest absolute Gasteiger partial charge is 0.363 e. The Bertz CT molecular complexity index is 1390. The fourth-order valence-electron chi connectivity index (χ4n) is 4.09. The lowest BCUT2D eigenvalue weighted by Gasteiger charge is -2.04. The second kappa shape index (κ2) is 10.4. The largest absolute Gasteiger partial charge is 0.402 e. The van der Waals surface area contributed by atoms with E-state index in [0.29, 0.717) is 23.0 Å². The zero-order valence-corrected chi connectivity index (χ0v) is 21.8. The zero-order chi connectivity index (χ0) is 26.8. The first-order valence-electron chi connectivity index (χ1n) is 12.6. The van der Waals surface area contributed by atoms with Gasteiger partial charge >= 0.3 is 11.9 Å². The van der Waals surface area contributed by atoms with Crippen LogP contribution in [0.5, 0.6) is 0 Å². The van der Waals surface area contributed by atoms with Crippen LogP contribution in [0.3, 0.4) is 0 Å². The van der Waals surface area contributed by atoms with Crippen molar-refractivity contribution in [3.63, 3.8) is 0 Å². The Morgan fingerprint density at radius 3 is 1.21 bits per heavy atom. The Morgan fingerprint density at radius 1 is 0.553 bits per heavy atom. The molecule has 2 heterocycles. The zero-order valence-electron chi connectivity index (χ0n) is 21.8. The van der Waals surface area contributed by atoms with Gasteiger partial charge in [0.1, 0.15) is 0 Å². The number of hydrogen-bond acceptors (Lipinski definition) is 6. The molecular formula is C32H28N2O4. The predicted molar refractivity (Wildman–Crippen MR) is 149 cm³/mol. The van der Waals surface area contributed by atoms with Crippen molar-refractivity contribution in [3.05, 3.63) is 118 Å². The van der Waals surface area contributed by atoms with Crippen molar-refractivity contribution in [2.45, 2.75) is 39.5 Å². The number of carbonyl (C=O) groups excluding carboxylic acids is 2. The van der Waals surface area contributed by atoms with Crippen LogP contribution in [0.15, 0.2) is 94.2 Å². The molecule has 0 spiro atoms. The second-order valence-corrected chi connectivity index (χ2v) is 9.89. The normalized spacial score (nSPS) is 17.3. The Kier molecular flexibility index (Phi) is 6.88. The van der Waals surface area contributed by atoms with E-state index in [-0.39, 0.29) is 23.2 Å². The number of benzene rings is 3. The second-order valence-electron chi connectivity index (χ2n) is 9.89. The molecule has 3 aromatic rings. The molecule has 5 rings (SSSR count). The van der Waals surface area contributed by atoms with E-state index in [1.165, 1.54) is 11.1 Å². The molecular weight excluding hydrogens is 476 g/mol. The van der Waals surface area contributed by atoms with E-state index in [9.17, 15) is 9.59 Å². The van der Waals surface area contributed by atoms with Gasteiger partial charge in [-0.25, -0.2) is 19.6 Å². The topological polar surface area (TPSA) is 77.3 Å². The number of hydrogen-bond donors (Lipinski definition) is 0. The van der Waals surface area contributed by atoms with Crippen molar-refractivity contribution in [2.75, 3.05) is 0 Å². The summed E-state index contributed by atoms with van der Waals surface area (Å²) in [5.74, 6) is 0.322. The highest BCUT2D eigenvalue weighted by Gasteiger charge is 2.26. The lowest BCUT2D eigenvalue weighted by atomic mass is 10.0. The highest BCUT2D eigenvalue weighted by Crippen LogP contribution is 2.24. The van der Waals surface area contributed by atoms with Crippen molar-refractivity contribution in [3.8, 4) is 0 Å². The lowest BCUT2D eigenvalue weighted by Crippen LogP contribution is -2.07. The standard InChI is InChI=1S/C32H28N2O4/c1-19(2)23-9-5-21(6-10-23)17-27-31(35)37-29(33-27)25-13-15-26(16-14-25)30-34-28(32(36)38-30)18-22-7-11-24(12-8-22)20(3)4/h5-20H,1-4H3/b27-17-,28-18-. The van der Waals surface area contributed by atoms with Crippen LogP contribution < -0.4 is 0 Å². The number of ether oxygens (including phenoxy) is 2. The van der Waals surface area contributed by atoms with Crippen molar-refractivity contribution in [1.29, 1.82) is 0 Å². The van der Waals surface area contributed by atoms with Gasteiger partial charge in [-0.3, -0.25) is 0 Å². The van der Waals surface area contributed by atoms with E-state index >= 15 is 0 Å². The van der Waals surface area contributed by atoms with Crippen LogP contribution in [-0.4, -0.2) is 23.7 Å². The number of aliphatic imine (C=N–C) groups is 2. The van der Waals surface area contributed by atoms with Gasteiger partial charge in [0.25, 0.3) is 0 Å². The van der Waals surface area contributed by atoms with Gasteiger partial charge in [-0.1, -0.05) is 76.2 Å². The molecule has 0 saturated heterocycles. The summed E-state index contributed by atoms with van der Waals surface area (Å²) in [5, 5.41) is 0. The monoisotopic (exact) mass is 504 g/mol. The van der Waals surface area contributed by atoms with Crippen LogP contribution in [0, 0.1) is 0 Å². The molecule has 0 aliphatic carbocycles. The Balaban J connectivity index is 1.32. The third-order valence-electron chi connectivity index (χ3n) is 6.43. The van der Waals surface area contributed by atoms with Crippen LogP contribution in [0.1, 0.15) is 72.9 Å². The van der Waals surface area contributed by atoms with Gasteiger partial charge < -0.3 is 9.47 Å². The number of carbonyl (C=O) groups is 2. The van der Waals surface area contributed by atoms with Gasteiger partial charge in [0, 0.05) is 11.1 Å². The summed E-state index contributed by atoms with van der Waals surface area (Å²) in [4.78, 5) is 33.6. The van der Waals surface area contributed by atoms with Gasteiger partial charge in [0.2, 0.25) is 11.8 Å². The summed E-state index contributed by atoms with van der Waals surface area (Å²) in [5.41, 5.74) is 5.96. The molecule has 0 radical (unpaired) electrons. The van der Waals surface area contributed by atoms with Gasteiger partial charge in [-0.15, -0.1) is 0 Å². The molecule has 0 N–H and O–H groups in total. The van der Waals surface area contributed by atoms with E-state index < -0.39 is 11.9 Å². The third-order valence-corrected chi connectivity index (χ3v) is 6.43. The fraction of sp³-hybridized carbons (Fsp3) is 0.188. The molecule has 190 valence electrons. The maximum absolute atomic E-state index is 12.4. The summed E-state index contributed by atoms with van der Waals surface area (Å²) >= 11 is 0. The third kappa shape index (κ3) is 5.39. The molecule has 38 heavy (non-hydrogen) atoms. The lowest BCUT2D eigenvalue weighted by molar-refractivity contribution is -0.130. The molecule has 3 aromatic carbocycles. The Hall–Kier alpha value is -4.58. The van der Waals surface area contributed by atoms with E-state index in [4.69, 9.17) is 9.47 Å². The average Bonchev–Trinajstić information content (AvgIpc) is 3.46. The number of esters is 2. The van der Waals surface area contributed by atoms with Crippen molar-refractivity contribution in [2.24, 2.45) is 9.98 Å². The molecule has 0 fully saturated rings. The highest BCUT2D eigenvalue weighted by molar-refractivity contribution is 6.14. The van der Waals surface area contributed by atoms with E-state index in [1.54, 1.807) is 36.4 Å². The Labute approximate surface area is 222 Å². The molecule has 0 aromatic heterocycles. The fourth-order valence-corrected chi connectivity index (χ4v) is 4.09. The van der Waals surface area contributed by atoms with Crippen molar-refractivity contribution < 1.29 is 19.1 Å². The maximum atomic E-state index is 12.4. The Morgan fingerprint density at radius 2 is 0.895 bits per heavy atom. The summed E-state index contributed by atoms with van der Waals surface area (Å²) in [6, 6.07) is 23.0. The first-order chi connectivity index (χ1) is 18.3. The summed E-state index contributed by atoms with van der Waals surface area (Å²) in [6.45, 7) is 8.54. The van der Waals surface area contributed by atoms with Gasteiger partial charge in [-0.2, -0.15) is 0 Å². The van der Waals surface area contributed by atoms with E-state index in [2.05, 4.69) is 37.7 Å². The minimum atomic E-state index is -0.498. The number of rotatable bonds is 6. The predicted octanol–water partition coefficient (Wildman–Crippen LogP) is 6.62. The molecule has 0 amide bonds. The first-order valence-corrected chi connectivity index (χ1v) is 12.6. The number of cyclic esters (lactones) is 2. The van der Waals surface area contributed by atoms with Crippen LogP contribution in [-0.2, 0) is 19.1 Å². The quantitative estimate of drug-likeness (QED) is 0.279. The molecule has 2 aliphatic heterocycles. The summed E-state index contributed by atoms with van der Waals surface area (Å²) in [7, 11) is 0. The van der Waals surface area contributed by atoms with Gasteiger partial charge in [0.05, 0.1) is 0 Å². The van der Waals surface area contributed by atoms with E-state index in [1.807, 2.05) is 48.5 Å². The molecule has 6 heteroatoms. The molecule has 2 aliphatic rings. The minimum Gasteiger partial charge on any atom is -0.402 e. The van der Waals surface area contributed by atoms with Crippen molar-refractivity contribution in [1.82, 2.24) is 0 Å². The summed E-state index contributed by atoms with van der Waals surface area (Å²) < 4.78 is 10.8. The molecule has 6 nitrogen and oxygen atoms in total. The summed E-state index contributed by atoms with van der Waals surface area (Å²) in [6.07, 6.45) is 3.43. The molecule has 0 bridgehead atoms. The van der Waals surface area contributed by atoms with Crippen LogP contribution in [0.2, 0.25) is 0 Å². The highest BCUT2D eigenvalue weighted by atomic mass is 16.6. The SMILES string of the molecule is CC(C)c1ccc(/C=C2\N=C(c3ccc(C4=N/C(=C\c5ccc(C(C)C)cc5)C(=O)O4)cc3)OC2=O)cc1. The van der Waals surface area contributed by atoms with E-state index in [0.717, 1.165) is 11.1 Å². The average molecular weight is 505 g/mol. The molecule has 0 atom stereocenters. The van der Waals surface area contributed by atoms with Gasteiger partial charge in [-0.05, 0) is 70.5 Å². The first kappa shape index (κ1) is 25.1.